The number of aryl methyl sites for hydroxylation is 1. The molecule has 0 unspecified atom stereocenters. The highest BCUT2D eigenvalue weighted by Crippen LogP contribution is 2.18. The second kappa shape index (κ2) is 10.7. The Morgan fingerprint density at radius 2 is 1.93 bits per heavy atom. The van der Waals surface area contributed by atoms with E-state index >= 15 is 0 Å². The predicted octanol–water partition coefficient (Wildman–Crippen LogP) is 5.55. The number of hydrogen-bond donors (Lipinski definition) is 1. The van der Waals surface area contributed by atoms with Gasteiger partial charge in [-0.1, -0.05) is 46.8 Å². The van der Waals surface area contributed by atoms with Gasteiger partial charge >= 0.3 is 0 Å². The summed E-state index contributed by atoms with van der Waals surface area (Å²) in [7, 11) is 0. The molecule has 5 heteroatoms. The van der Waals surface area contributed by atoms with E-state index in [1.807, 2.05) is 13.8 Å². The summed E-state index contributed by atoms with van der Waals surface area (Å²) in [6, 6.07) is 9.59. The van der Waals surface area contributed by atoms with Crippen LogP contribution in [0.15, 0.2) is 36.4 Å². The molecule has 0 atom stereocenters. The summed E-state index contributed by atoms with van der Waals surface area (Å²) in [5.74, 6) is -0.0218. The lowest BCUT2D eigenvalue weighted by atomic mass is 9.92. The number of carbonyl (C=O) groups is 1. The zero-order valence-corrected chi connectivity index (χ0v) is 17.2. The molecule has 0 spiro atoms. The largest absolute Gasteiger partial charge is 0.473 e. The van der Waals surface area contributed by atoms with E-state index in [9.17, 15) is 9.18 Å². The van der Waals surface area contributed by atoms with Gasteiger partial charge in [0.25, 0.3) is 5.91 Å². The molecule has 0 fully saturated rings. The normalized spacial score (nSPS) is 10.6. The van der Waals surface area contributed by atoms with Crippen molar-refractivity contribution in [1.29, 1.82) is 0 Å². The van der Waals surface area contributed by atoms with Crippen LogP contribution in [0.5, 0.6) is 5.88 Å². The zero-order chi connectivity index (χ0) is 20.4. The Labute approximate surface area is 163 Å². The number of pyridine rings is 1. The van der Waals surface area contributed by atoms with Gasteiger partial charge in [-0.05, 0) is 42.5 Å². The van der Waals surface area contributed by atoms with Gasteiger partial charge in [0, 0.05) is 14.0 Å². The van der Waals surface area contributed by atoms with E-state index in [1.165, 1.54) is 12.1 Å². The maximum Gasteiger partial charge on any atom is 0.253 e. The van der Waals surface area contributed by atoms with E-state index in [4.69, 9.17) is 4.74 Å². The number of nitrogens with zero attached hydrogens (tertiary/aromatic N) is 1. The van der Waals surface area contributed by atoms with Crippen LogP contribution < -0.4 is 10.1 Å². The Morgan fingerprint density at radius 1 is 1.22 bits per heavy atom. The molecule has 0 radical (unpaired) electrons. The number of ether oxygens (including phenoxy) is 1. The summed E-state index contributed by atoms with van der Waals surface area (Å²) in [5.41, 5.74) is 2.04. The van der Waals surface area contributed by atoms with Gasteiger partial charge < -0.3 is 10.1 Å². The molecule has 1 N–H and O–H groups in total. The molecule has 0 saturated carbocycles. The molecular weight excluding hydrogens is 343 g/mol. The highest BCUT2D eigenvalue weighted by molar-refractivity contribution is 5.95. The Bertz CT molecular complexity index is 746. The average Bonchev–Trinajstić information content (AvgIpc) is 2.60. The fraction of sp³-hybridized carbons (Fsp3) is 0.455. The summed E-state index contributed by atoms with van der Waals surface area (Å²) in [6.45, 7) is 13.0. The van der Waals surface area contributed by atoms with Crippen molar-refractivity contribution in [3.63, 3.8) is 0 Å². The first-order chi connectivity index (χ1) is 12.7. The van der Waals surface area contributed by atoms with E-state index in [0.29, 0.717) is 23.7 Å². The van der Waals surface area contributed by atoms with Crippen LogP contribution in [0.3, 0.4) is 0 Å². The summed E-state index contributed by atoms with van der Waals surface area (Å²) in [6.07, 6.45) is 0.903. The van der Waals surface area contributed by atoms with Crippen LogP contribution in [0, 0.1) is 18.2 Å². The minimum absolute atomic E-state index is 0. The van der Waals surface area contributed by atoms with Gasteiger partial charge in [0.05, 0.1) is 11.3 Å². The van der Waals surface area contributed by atoms with Crippen LogP contribution in [-0.2, 0) is 6.61 Å². The Morgan fingerprint density at radius 3 is 2.52 bits per heavy atom. The van der Waals surface area contributed by atoms with E-state index in [-0.39, 0.29) is 25.2 Å². The van der Waals surface area contributed by atoms with Gasteiger partial charge in [0.2, 0.25) is 5.88 Å². The van der Waals surface area contributed by atoms with Crippen molar-refractivity contribution in [2.45, 2.75) is 54.6 Å². The second-order valence-corrected chi connectivity index (χ2v) is 7.27. The summed E-state index contributed by atoms with van der Waals surface area (Å²) < 4.78 is 18.7. The first-order valence-electron chi connectivity index (χ1n) is 9.38. The molecule has 27 heavy (non-hydrogen) atoms. The van der Waals surface area contributed by atoms with Crippen molar-refractivity contribution < 1.29 is 15.3 Å². The standard InChI is InChI=1S/C20H25FN2O2.C2H6.H2/c1-14-17(19(24)22-11-10-20(2,3)4)8-9-18(23-14)25-13-15-6-5-7-16(21)12-15;1-2;/h5-9,12H,10-11,13H2,1-4H3,(H,22,24);1-2H3;1H. The lowest BCUT2D eigenvalue weighted by molar-refractivity contribution is 0.0948. The fourth-order valence-corrected chi connectivity index (χ4v) is 2.29. The molecule has 1 aromatic heterocycles. The Kier molecular flexibility index (Phi) is 8.92. The van der Waals surface area contributed by atoms with Crippen LogP contribution in [0.4, 0.5) is 4.39 Å². The maximum absolute atomic E-state index is 13.2. The second-order valence-electron chi connectivity index (χ2n) is 7.27. The third-order valence-corrected chi connectivity index (χ3v) is 3.74. The Balaban J connectivity index is 0.00000235. The smallest absolute Gasteiger partial charge is 0.253 e. The fourth-order valence-electron chi connectivity index (χ4n) is 2.29. The van der Waals surface area contributed by atoms with Crippen molar-refractivity contribution >= 4 is 5.91 Å². The van der Waals surface area contributed by atoms with Gasteiger partial charge in [0.15, 0.2) is 0 Å². The number of hydrogen-bond acceptors (Lipinski definition) is 3. The van der Waals surface area contributed by atoms with Gasteiger partial charge in [0.1, 0.15) is 12.4 Å². The molecule has 0 aliphatic heterocycles. The molecule has 2 rings (SSSR count). The topological polar surface area (TPSA) is 51.2 Å². The number of nitrogens with one attached hydrogen (secondary N) is 1. The van der Waals surface area contributed by atoms with E-state index in [2.05, 4.69) is 31.1 Å². The quantitative estimate of drug-likeness (QED) is 0.719. The highest BCUT2D eigenvalue weighted by atomic mass is 19.1. The molecule has 0 saturated heterocycles. The Hall–Kier alpha value is -2.43. The van der Waals surface area contributed by atoms with Gasteiger partial charge in [-0.15, -0.1) is 0 Å². The summed E-state index contributed by atoms with van der Waals surface area (Å²) >= 11 is 0. The van der Waals surface area contributed by atoms with Gasteiger partial charge in [-0.25, -0.2) is 9.37 Å². The van der Waals surface area contributed by atoms with Crippen LogP contribution in [0.1, 0.15) is 64.1 Å². The van der Waals surface area contributed by atoms with Crippen molar-refractivity contribution in [3.8, 4) is 5.88 Å². The highest BCUT2D eigenvalue weighted by Gasteiger charge is 2.14. The van der Waals surface area contributed by atoms with E-state index < -0.39 is 0 Å². The molecule has 0 aliphatic rings. The maximum atomic E-state index is 13.2. The van der Waals surface area contributed by atoms with Crippen LogP contribution in [0.25, 0.3) is 0 Å². The monoisotopic (exact) mass is 376 g/mol. The van der Waals surface area contributed by atoms with Crippen LogP contribution in [0.2, 0.25) is 0 Å². The van der Waals surface area contributed by atoms with Crippen molar-refractivity contribution in [1.82, 2.24) is 10.3 Å². The van der Waals surface area contributed by atoms with Crippen LogP contribution >= 0.6 is 0 Å². The van der Waals surface area contributed by atoms with Crippen molar-refractivity contribution in [2.24, 2.45) is 5.41 Å². The summed E-state index contributed by atoms with van der Waals surface area (Å²) in [5, 5.41) is 2.92. The van der Waals surface area contributed by atoms with Gasteiger partial charge in [-0.3, -0.25) is 4.79 Å². The number of halogens is 1. The van der Waals surface area contributed by atoms with E-state index in [0.717, 1.165) is 12.0 Å². The lowest BCUT2D eigenvalue weighted by Crippen LogP contribution is -2.28. The summed E-state index contributed by atoms with van der Waals surface area (Å²) in [4.78, 5) is 16.6. The number of aromatic nitrogens is 1. The number of amides is 1. The number of carbonyl (C=O) groups excluding carboxylic acids is 1. The average molecular weight is 377 g/mol. The number of rotatable bonds is 6. The minimum Gasteiger partial charge on any atom is -0.473 e. The minimum atomic E-state index is -0.299. The third kappa shape index (κ3) is 8.20. The van der Waals surface area contributed by atoms with Crippen molar-refractivity contribution in [3.05, 3.63) is 59.0 Å². The number of benzene rings is 1. The first kappa shape index (κ1) is 22.6. The third-order valence-electron chi connectivity index (χ3n) is 3.74. The van der Waals surface area contributed by atoms with E-state index in [1.54, 1.807) is 31.2 Å². The molecule has 150 valence electrons. The molecule has 4 nitrogen and oxygen atoms in total. The van der Waals surface area contributed by atoms with Gasteiger partial charge in [-0.2, -0.15) is 0 Å². The zero-order valence-electron chi connectivity index (χ0n) is 17.2. The lowest BCUT2D eigenvalue weighted by Gasteiger charge is -2.18. The first-order valence-corrected chi connectivity index (χ1v) is 9.38. The molecular formula is C22H33FN2O2. The molecule has 0 aliphatic carbocycles. The molecule has 2 aromatic rings. The molecule has 1 amide bonds. The van der Waals surface area contributed by atoms with Crippen molar-refractivity contribution in [2.75, 3.05) is 6.54 Å². The molecule has 0 bridgehead atoms. The molecule has 1 heterocycles. The molecule has 1 aromatic carbocycles. The predicted molar refractivity (Wildman–Crippen MR) is 110 cm³/mol. The SMILES string of the molecule is CC.Cc1nc(OCc2cccc(F)c2)ccc1C(=O)NCCC(C)(C)C.[HH]. The van der Waals surface area contributed by atoms with Crippen LogP contribution in [-0.4, -0.2) is 17.4 Å².